The first-order valence-electron chi connectivity index (χ1n) is 9.16. The monoisotopic (exact) mass is 363 g/mol. The minimum Gasteiger partial charge on any atom is -0.493 e. The number of fused-ring (bicyclic) bond motifs is 8. The lowest BCUT2D eigenvalue weighted by atomic mass is 9.90. The number of carbonyl (C=O) groups excluding carboxylic acids is 1. The van der Waals surface area contributed by atoms with Gasteiger partial charge in [-0.3, -0.25) is 14.3 Å². The highest BCUT2D eigenvalue weighted by molar-refractivity contribution is 6.02. The molecule has 0 aliphatic carbocycles. The highest BCUT2D eigenvalue weighted by atomic mass is 16.5. The highest BCUT2D eigenvalue weighted by Gasteiger charge is 2.47. The first-order valence-corrected chi connectivity index (χ1v) is 9.16. The Hall–Kier alpha value is -3.02. The second kappa shape index (κ2) is 5.49. The van der Waals surface area contributed by atoms with Crippen LogP contribution in [0.1, 0.15) is 26.2 Å². The Labute approximate surface area is 157 Å². The minimum absolute atomic E-state index is 0.126. The minimum atomic E-state index is -0.493. The summed E-state index contributed by atoms with van der Waals surface area (Å²) in [5.41, 5.74) is 3.19. The number of para-hydroxylation sites is 2. The molecular weight excluding hydrogens is 342 g/mol. The topological polar surface area (TPSA) is 56.6 Å². The number of rotatable bonds is 2. The smallest absolute Gasteiger partial charge is 0.228 e. The van der Waals surface area contributed by atoms with E-state index in [0.717, 1.165) is 41.0 Å². The van der Waals surface area contributed by atoms with E-state index in [1.807, 2.05) is 35.2 Å². The zero-order valence-corrected chi connectivity index (χ0v) is 15.7. The molecule has 1 atom stereocenters. The number of hydrogen-bond acceptors (Lipinski definition) is 4. The van der Waals surface area contributed by atoms with Crippen molar-refractivity contribution in [1.29, 1.82) is 0 Å². The molecule has 27 heavy (non-hydrogen) atoms. The van der Waals surface area contributed by atoms with Crippen LogP contribution in [0.15, 0.2) is 36.4 Å². The quantitative estimate of drug-likeness (QED) is 0.692. The van der Waals surface area contributed by atoms with Crippen LogP contribution < -0.4 is 14.4 Å². The van der Waals surface area contributed by atoms with Crippen LogP contribution in [0.25, 0.3) is 22.4 Å². The summed E-state index contributed by atoms with van der Waals surface area (Å²) in [6, 6.07) is 11.9. The second-order valence-corrected chi connectivity index (χ2v) is 7.28. The van der Waals surface area contributed by atoms with Gasteiger partial charge in [0.15, 0.2) is 11.5 Å². The van der Waals surface area contributed by atoms with E-state index in [4.69, 9.17) is 14.5 Å². The lowest BCUT2D eigenvalue weighted by Gasteiger charge is -2.49. The molecule has 3 heterocycles. The maximum atomic E-state index is 13.0. The van der Waals surface area contributed by atoms with Crippen LogP contribution in [0.2, 0.25) is 0 Å². The number of piperidine rings is 1. The Balaban J connectivity index is 1.91. The number of hydrogen-bond donors (Lipinski definition) is 0. The molecule has 2 aliphatic rings. The molecule has 1 amide bonds. The zero-order chi connectivity index (χ0) is 18.8. The average molecular weight is 363 g/mol. The van der Waals surface area contributed by atoms with Crippen molar-refractivity contribution in [2.75, 3.05) is 19.1 Å². The van der Waals surface area contributed by atoms with E-state index >= 15 is 0 Å². The largest absolute Gasteiger partial charge is 0.493 e. The van der Waals surface area contributed by atoms with E-state index in [9.17, 15) is 4.79 Å². The van der Waals surface area contributed by atoms with E-state index in [-0.39, 0.29) is 5.91 Å². The summed E-state index contributed by atoms with van der Waals surface area (Å²) in [4.78, 5) is 19.9. The first kappa shape index (κ1) is 16.2. The van der Waals surface area contributed by atoms with Gasteiger partial charge in [0.1, 0.15) is 11.5 Å². The maximum absolute atomic E-state index is 13.0. The standard InChI is InChI=1S/C21H21N3O3/c1-21-10-6-9-19(25)23(21)16-12-18(27-3)17(26-2)11-13(16)20-22-14-7-4-5-8-15(14)24(20)21/h4-5,7-8,11-12H,6,9-10H2,1-3H3. The van der Waals surface area contributed by atoms with Gasteiger partial charge >= 0.3 is 0 Å². The Kier molecular flexibility index (Phi) is 3.29. The third kappa shape index (κ3) is 2.01. The number of amides is 1. The predicted octanol–water partition coefficient (Wildman–Crippen LogP) is 3.92. The van der Waals surface area contributed by atoms with Crippen LogP contribution in [0.3, 0.4) is 0 Å². The van der Waals surface area contributed by atoms with Crippen molar-refractivity contribution in [1.82, 2.24) is 9.55 Å². The highest BCUT2D eigenvalue weighted by Crippen LogP contribution is 2.51. The van der Waals surface area contributed by atoms with Crippen molar-refractivity contribution >= 4 is 22.6 Å². The number of ether oxygens (including phenoxy) is 2. The van der Waals surface area contributed by atoms with Gasteiger partial charge in [-0.25, -0.2) is 4.98 Å². The van der Waals surface area contributed by atoms with E-state index in [1.54, 1.807) is 14.2 Å². The molecule has 0 bridgehead atoms. The molecule has 6 nitrogen and oxygen atoms in total. The lowest BCUT2D eigenvalue weighted by molar-refractivity contribution is -0.122. The summed E-state index contributed by atoms with van der Waals surface area (Å²) < 4.78 is 13.2. The molecule has 1 unspecified atom stereocenters. The summed E-state index contributed by atoms with van der Waals surface area (Å²) >= 11 is 0. The van der Waals surface area contributed by atoms with Crippen LogP contribution >= 0.6 is 0 Å². The van der Waals surface area contributed by atoms with Gasteiger partial charge < -0.3 is 9.47 Å². The molecule has 3 aromatic rings. The fourth-order valence-electron chi connectivity index (χ4n) is 4.60. The van der Waals surface area contributed by atoms with Crippen LogP contribution in [-0.2, 0) is 10.5 Å². The number of carbonyl (C=O) groups is 1. The van der Waals surface area contributed by atoms with Gasteiger partial charge in [0, 0.05) is 18.1 Å². The number of anilines is 1. The maximum Gasteiger partial charge on any atom is 0.228 e. The van der Waals surface area contributed by atoms with Crippen molar-refractivity contribution in [3.05, 3.63) is 36.4 Å². The van der Waals surface area contributed by atoms with E-state index in [0.29, 0.717) is 17.9 Å². The summed E-state index contributed by atoms with van der Waals surface area (Å²) in [6.45, 7) is 2.13. The molecule has 2 aromatic carbocycles. The predicted molar refractivity (Wildman–Crippen MR) is 103 cm³/mol. The Morgan fingerprint density at radius 3 is 2.63 bits per heavy atom. The molecule has 0 saturated carbocycles. The Morgan fingerprint density at radius 2 is 1.85 bits per heavy atom. The molecule has 5 rings (SSSR count). The third-order valence-corrected chi connectivity index (χ3v) is 5.80. The van der Waals surface area contributed by atoms with E-state index < -0.39 is 5.66 Å². The molecule has 0 radical (unpaired) electrons. The summed E-state index contributed by atoms with van der Waals surface area (Å²) in [6.07, 6.45) is 2.28. The van der Waals surface area contributed by atoms with Crippen molar-refractivity contribution in [2.45, 2.75) is 31.8 Å². The van der Waals surface area contributed by atoms with Crippen LogP contribution in [0, 0.1) is 0 Å². The fourth-order valence-corrected chi connectivity index (χ4v) is 4.60. The molecule has 6 heteroatoms. The molecule has 0 N–H and O–H groups in total. The molecule has 138 valence electrons. The number of aromatic nitrogens is 2. The van der Waals surface area contributed by atoms with Crippen LogP contribution in [0.4, 0.5) is 5.69 Å². The molecule has 1 aromatic heterocycles. The summed E-state index contributed by atoms with van der Waals surface area (Å²) in [7, 11) is 3.23. The van der Waals surface area contributed by atoms with Gasteiger partial charge in [-0.2, -0.15) is 0 Å². The number of imidazole rings is 1. The molecule has 0 spiro atoms. The Bertz CT molecular complexity index is 1090. The summed E-state index contributed by atoms with van der Waals surface area (Å²) in [5.74, 6) is 2.23. The van der Waals surface area contributed by atoms with E-state index in [2.05, 4.69) is 17.6 Å². The lowest BCUT2D eigenvalue weighted by Crippen LogP contribution is -2.56. The fraction of sp³-hybridized carbons (Fsp3) is 0.333. The number of benzene rings is 2. The molecule has 2 aliphatic heterocycles. The molecular formula is C21H21N3O3. The second-order valence-electron chi connectivity index (χ2n) is 7.28. The number of nitrogens with zero attached hydrogens (tertiary/aromatic N) is 3. The van der Waals surface area contributed by atoms with Crippen molar-refractivity contribution < 1.29 is 14.3 Å². The van der Waals surface area contributed by atoms with Crippen molar-refractivity contribution in [2.24, 2.45) is 0 Å². The van der Waals surface area contributed by atoms with Gasteiger partial charge in [-0.1, -0.05) is 12.1 Å². The normalized spacial score (nSPS) is 20.9. The van der Waals surface area contributed by atoms with Crippen LogP contribution in [-0.4, -0.2) is 29.7 Å². The van der Waals surface area contributed by atoms with Gasteiger partial charge in [0.25, 0.3) is 0 Å². The number of methoxy groups -OCH3 is 2. The SMILES string of the molecule is COc1cc2c(cc1OC)N1C(=O)CCCC1(C)n1c-2nc2ccccc21. The van der Waals surface area contributed by atoms with Gasteiger partial charge in [0.05, 0.1) is 30.9 Å². The van der Waals surface area contributed by atoms with E-state index in [1.165, 1.54) is 0 Å². The van der Waals surface area contributed by atoms with Crippen molar-refractivity contribution in [3.63, 3.8) is 0 Å². The van der Waals surface area contributed by atoms with Crippen molar-refractivity contribution in [3.8, 4) is 22.9 Å². The van der Waals surface area contributed by atoms with Crippen LogP contribution in [0.5, 0.6) is 11.5 Å². The van der Waals surface area contributed by atoms with Gasteiger partial charge in [-0.05, 0) is 38.0 Å². The first-order chi connectivity index (χ1) is 13.1. The zero-order valence-electron chi connectivity index (χ0n) is 15.7. The average Bonchev–Trinajstić information content (AvgIpc) is 3.07. The third-order valence-electron chi connectivity index (χ3n) is 5.80. The van der Waals surface area contributed by atoms with Gasteiger partial charge in [0.2, 0.25) is 5.91 Å². The Morgan fingerprint density at radius 1 is 1.11 bits per heavy atom. The summed E-state index contributed by atoms with van der Waals surface area (Å²) in [5, 5.41) is 0. The molecule has 1 fully saturated rings. The van der Waals surface area contributed by atoms with Gasteiger partial charge in [-0.15, -0.1) is 0 Å². The molecule has 1 saturated heterocycles.